The molecule has 1 saturated carbocycles. The largest absolute Gasteiger partial charge is 0.493 e. The van der Waals surface area contributed by atoms with E-state index in [4.69, 9.17) is 4.43 Å². The van der Waals surface area contributed by atoms with Gasteiger partial charge in [-0.05, 0) is 50.4 Å². The van der Waals surface area contributed by atoms with Crippen LogP contribution in [0.1, 0.15) is 57.3 Å². The Balaban J connectivity index is 1.50. The van der Waals surface area contributed by atoms with Gasteiger partial charge >= 0.3 is 0 Å². The van der Waals surface area contributed by atoms with Crippen molar-refractivity contribution in [3.05, 3.63) is 36.3 Å². The number of nitrogens with one attached hydrogen (secondary N) is 2. The lowest BCUT2D eigenvalue weighted by Crippen LogP contribution is -2.41. The molecule has 4 rings (SSSR count). The monoisotopic (exact) mass is 537 g/mol. The van der Waals surface area contributed by atoms with E-state index in [0.717, 1.165) is 24.9 Å². The molecule has 0 bridgehead atoms. The smallest absolute Gasteiger partial charge is 0.220 e. The molecule has 11 heteroatoms. The second-order valence-corrected chi connectivity index (χ2v) is 16.4. The van der Waals surface area contributed by atoms with Crippen LogP contribution in [-0.4, -0.2) is 56.6 Å². The van der Waals surface area contributed by atoms with Gasteiger partial charge in [-0.25, -0.2) is 19.6 Å². The van der Waals surface area contributed by atoms with E-state index >= 15 is 0 Å². The molecule has 1 aliphatic rings. The number of pyridine rings is 1. The zero-order valence-electron chi connectivity index (χ0n) is 23.4. The predicted molar refractivity (Wildman–Crippen MR) is 151 cm³/mol. The van der Waals surface area contributed by atoms with E-state index in [-0.39, 0.29) is 28.7 Å². The molecule has 1 fully saturated rings. The molecule has 3 N–H and O–H groups in total. The third-order valence-corrected chi connectivity index (χ3v) is 11.9. The highest BCUT2D eigenvalue weighted by atomic mass is 28.4. The van der Waals surface area contributed by atoms with E-state index in [1.54, 1.807) is 25.5 Å². The Morgan fingerprint density at radius 3 is 2.61 bits per heavy atom. The first-order chi connectivity index (χ1) is 17.9. The first kappa shape index (κ1) is 27.7. The van der Waals surface area contributed by atoms with Crippen LogP contribution in [0.5, 0.6) is 5.88 Å². The molecule has 0 unspecified atom stereocenters. The van der Waals surface area contributed by atoms with E-state index < -0.39 is 8.32 Å². The van der Waals surface area contributed by atoms with Crippen LogP contribution in [0.15, 0.2) is 30.7 Å². The summed E-state index contributed by atoms with van der Waals surface area (Å²) in [7, 11) is -0.175. The number of hydrogen-bond acceptors (Lipinski definition) is 9. The molecule has 0 aliphatic heterocycles. The summed E-state index contributed by atoms with van der Waals surface area (Å²) in [6.07, 6.45) is 7.44. The fraction of sp³-hybridized carbons (Fsp3) is 0.519. The van der Waals surface area contributed by atoms with Gasteiger partial charge in [0, 0.05) is 44.1 Å². The van der Waals surface area contributed by atoms with Gasteiger partial charge in [0.1, 0.15) is 17.2 Å². The maximum atomic E-state index is 13.0. The molecule has 10 nitrogen and oxygen atoms in total. The van der Waals surface area contributed by atoms with E-state index in [1.807, 2.05) is 6.07 Å². The summed E-state index contributed by atoms with van der Waals surface area (Å²) in [5.74, 6) is 1.60. The summed E-state index contributed by atoms with van der Waals surface area (Å²) in [5.41, 5.74) is 1.79. The van der Waals surface area contributed by atoms with Gasteiger partial charge in [0.15, 0.2) is 19.9 Å². The van der Waals surface area contributed by atoms with Crippen LogP contribution >= 0.6 is 0 Å². The van der Waals surface area contributed by atoms with Crippen molar-refractivity contribution in [2.75, 3.05) is 17.2 Å². The lowest BCUT2D eigenvalue weighted by molar-refractivity contribution is 0.0968. The lowest BCUT2D eigenvalue weighted by Gasteiger charge is -2.36. The zero-order chi connectivity index (χ0) is 27.7. The minimum atomic E-state index is -1.82. The molecule has 0 radical (unpaired) electrons. The Morgan fingerprint density at radius 2 is 1.97 bits per heavy atom. The Labute approximate surface area is 225 Å². The average molecular weight is 538 g/mol. The molecular weight excluding hydrogens is 498 g/mol. The SMILES string of the molecule is C[C@@H](CCO[Si](C)(C)C(C)(C)C)Nc1cc(Nc2ccnc(-c3cnn(C)c3O)n2)ncc1C(=O)C1CC1. The maximum Gasteiger partial charge on any atom is 0.220 e. The van der Waals surface area contributed by atoms with Gasteiger partial charge in [0.2, 0.25) is 5.88 Å². The van der Waals surface area contributed by atoms with Gasteiger partial charge in [-0.3, -0.25) is 4.79 Å². The van der Waals surface area contributed by atoms with Crippen LogP contribution in [0, 0.1) is 5.92 Å². The highest BCUT2D eigenvalue weighted by Crippen LogP contribution is 2.37. The van der Waals surface area contributed by atoms with Crippen molar-refractivity contribution in [1.29, 1.82) is 0 Å². The number of hydrogen-bond donors (Lipinski definition) is 3. The molecule has 0 amide bonds. The van der Waals surface area contributed by atoms with Gasteiger partial charge < -0.3 is 20.2 Å². The number of carbonyl (C=O) groups excluding carboxylic acids is 1. The zero-order valence-corrected chi connectivity index (χ0v) is 24.4. The second kappa shape index (κ2) is 10.8. The standard InChI is InChI=1S/C27H39N7O3Si/c1-17(11-13-37-38(6,7)27(2,3)4)31-21-14-23(29-15-19(21)24(35)18-8-9-18)32-22-10-12-28-25(33-22)20-16-30-34(5)26(20)36/h10,12,14-18,36H,8-9,11,13H2,1-7H3,(H2,28,29,31,32,33)/t17-/m0/s1. The third-order valence-electron chi connectivity index (χ3n) is 7.40. The number of aryl methyl sites for hydroxylation is 1. The molecule has 0 aromatic carbocycles. The normalized spacial score (nSPS) is 14.8. The fourth-order valence-electron chi connectivity index (χ4n) is 3.73. The molecule has 0 spiro atoms. The van der Waals surface area contributed by atoms with Crippen LogP contribution in [0.2, 0.25) is 18.1 Å². The number of Topliss-reactive ketones (excluding diaryl/α,β-unsaturated/α-hetero) is 1. The fourth-order valence-corrected chi connectivity index (χ4v) is 4.79. The summed E-state index contributed by atoms with van der Waals surface area (Å²) < 4.78 is 7.71. The number of anilines is 3. The quantitative estimate of drug-likeness (QED) is 0.214. The summed E-state index contributed by atoms with van der Waals surface area (Å²) in [5, 5.41) is 21.2. The highest BCUT2D eigenvalue weighted by molar-refractivity contribution is 6.74. The van der Waals surface area contributed by atoms with E-state index in [2.05, 4.69) is 71.5 Å². The minimum Gasteiger partial charge on any atom is -0.493 e. The number of aromatic nitrogens is 5. The van der Waals surface area contributed by atoms with E-state index in [1.165, 1.54) is 10.9 Å². The van der Waals surface area contributed by atoms with Crippen molar-refractivity contribution in [2.24, 2.45) is 13.0 Å². The summed E-state index contributed by atoms with van der Waals surface area (Å²) in [6, 6.07) is 3.67. The Bertz CT molecular complexity index is 1300. The van der Waals surface area contributed by atoms with Gasteiger partial charge in [-0.2, -0.15) is 5.10 Å². The van der Waals surface area contributed by atoms with Crippen LogP contribution in [-0.2, 0) is 11.5 Å². The number of rotatable bonds is 11. The molecule has 1 atom stereocenters. The first-order valence-electron chi connectivity index (χ1n) is 13.1. The lowest BCUT2D eigenvalue weighted by atomic mass is 10.1. The predicted octanol–water partition coefficient (Wildman–Crippen LogP) is 5.53. The van der Waals surface area contributed by atoms with Crippen molar-refractivity contribution >= 4 is 31.4 Å². The minimum absolute atomic E-state index is 0.0128. The molecule has 204 valence electrons. The van der Waals surface area contributed by atoms with Crippen molar-refractivity contribution in [3.63, 3.8) is 0 Å². The van der Waals surface area contributed by atoms with Crippen LogP contribution in [0.3, 0.4) is 0 Å². The molecule has 3 aromatic heterocycles. The molecule has 1 aliphatic carbocycles. The number of ketones is 1. The number of nitrogens with zero attached hydrogens (tertiary/aromatic N) is 5. The molecule has 0 saturated heterocycles. The summed E-state index contributed by atoms with van der Waals surface area (Å²) in [6.45, 7) is 14.0. The van der Waals surface area contributed by atoms with E-state index in [0.29, 0.717) is 35.2 Å². The highest BCUT2D eigenvalue weighted by Gasteiger charge is 2.37. The maximum absolute atomic E-state index is 13.0. The van der Waals surface area contributed by atoms with Crippen LogP contribution in [0.4, 0.5) is 17.3 Å². The first-order valence-corrected chi connectivity index (χ1v) is 16.0. The number of aromatic hydroxyl groups is 1. The summed E-state index contributed by atoms with van der Waals surface area (Å²) in [4.78, 5) is 26.3. The average Bonchev–Trinajstić information content (AvgIpc) is 3.63. The van der Waals surface area contributed by atoms with Crippen molar-refractivity contribution in [3.8, 4) is 17.3 Å². The summed E-state index contributed by atoms with van der Waals surface area (Å²) >= 11 is 0. The van der Waals surface area contributed by atoms with Gasteiger partial charge in [-0.15, -0.1) is 0 Å². The van der Waals surface area contributed by atoms with Gasteiger partial charge in [0.25, 0.3) is 0 Å². The topological polar surface area (TPSA) is 127 Å². The Kier molecular flexibility index (Phi) is 7.89. The molecule has 3 aromatic rings. The van der Waals surface area contributed by atoms with Crippen molar-refractivity contribution in [2.45, 2.75) is 71.1 Å². The third kappa shape index (κ3) is 6.39. The Morgan fingerprint density at radius 1 is 1.24 bits per heavy atom. The van der Waals surface area contributed by atoms with Gasteiger partial charge in [-0.1, -0.05) is 20.8 Å². The van der Waals surface area contributed by atoms with E-state index in [9.17, 15) is 9.90 Å². The second-order valence-electron chi connectivity index (χ2n) is 11.6. The Hall–Kier alpha value is -3.31. The molecular formula is C27H39N7O3Si. The van der Waals surface area contributed by atoms with Crippen LogP contribution in [0.25, 0.3) is 11.4 Å². The van der Waals surface area contributed by atoms with Crippen molar-refractivity contribution in [1.82, 2.24) is 24.7 Å². The number of carbonyl (C=O) groups is 1. The molecule has 38 heavy (non-hydrogen) atoms. The van der Waals surface area contributed by atoms with Crippen molar-refractivity contribution < 1.29 is 14.3 Å². The molecule has 3 heterocycles. The van der Waals surface area contributed by atoms with Crippen LogP contribution < -0.4 is 10.6 Å². The van der Waals surface area contributed by atoms with Gasteiger partial charge in [0.05, 0.1) is 17.4 Å².